The van der Waals surface area contributed by atoms with E-state index in [2.05, 4.69) is 16.1 Å². The largest absolute Gasteiger partial charge is 0.454 e. The van der Waals surface area contributed by atoms with Crippen LogP contribution in [0, 0.1) is 5.82 Å². The Morgan fingerprint density at radius 3 is 2.81 bits per heavy atom. The maximum Gasteiger partial charge on any atom is 0.231 e. The maximum absolute atomic E-state index is 13.7. The van der Waals surface area contributed by atoms with Gasteiger partial charge in [0.15, 0.2) is 11.5 Å². The molecule has 0 saturated carbocycles. The van der Waals surface area contributed by atoms with Gasteiger partial charge in [0.2, 0.25) is 12.7 Å². The molecule has 0 spiro atoms. The molecule has 3 heterocycles. The summed E-state index contributed by atoms with van der Waals surface area (Å²) in [5.41, 5.74) is 4.76. The molecule has 0 fully saturated rings. The van der Waals surface area contributed by atoms with Gasteiger partial charge < -0.3 is 19.4 Å². The van der Waals surface area contributed by atoms with Gasteiger partial charge in [-0.1, -0.05) is 24.3 Å². The molecular formula is C25H19FN2O3. The Morgan fingerprint density at radius 2 is 1.90 bits per heavy atom. The topological polar surface area (TPSA) is 52.5 Å². The van der Waals surface area contributed by atoms with Crippen LogP contribution in [0.15, 0.2) is 66.9 Å². The molecule has 6 heteroatoms. The van der Waals surface area contributed by atoms with Crippen LogP contribution in [0.3, 0.4) is 0 Å². The molecule has 1 atom stereocenters. The van der Waals surface area contributed by atoms with Crippen molar-refractivity contribution in [2.45, 2.75) is 18.9 Å². The minimum absolute atomic E-state index is 0.0250. The monoisotopic (exact) mass is 414 g/mol. The number of fused-ring (bicyclic) bond motifs is 1. The molecular weight excluding hydrogens is 395 g/mol. The molecule has 3 aromatic carbocycles. The normalized spacial score (nSPS) is 16.9. The summed E-state index contributed by atoms with van der Waals surface area (Å²) in [6.07, 6.45) is 2.42. The highest BCUT2D eigenvalue weighted by molar-refractivity contribution is 6.06. The van der Waals surface area contributed by atoms with Crippen LogP contribution in [0.5, 0.6) is 11.5 Å². The van der Waals surface area contributed by atoms with E-state index >= 15 is 0 Å². The molecule has 1 aromatic heterocycles. The van der Waals surface area contributed by atoms with Gasteiger partial charge >= 0.3 is 0 Å². The second-order valence-electron chi connectivity index (χ2n) is 7.96. The fraction of sp³-hybridized carbons (Fsp3) is 0.160. The summed E-state index contributed by atoms with van der Waals surface area (Å²) < 4.78 is 26.9. The molecule has 0 saturated heterocycles. The van der Waals surface area contributed by atoms with Crippen molar-refractivity contribution in [1.82, 2.24) is 4.57 Å². The number of carbonyl (C=O) groups is 1. The third-order valence-electron chi connectivity index (χ3n) is 6.02. The lowest BCUT2D eigenvalue weighted by Crippen LogP contribution is -2.14. The number of amides is 1. The zero-order valence-corrected chi connectivity index (χ0v) is 16.6. The van der Waals surface area contributed by atoms with Gasteiger partial charge in [0.25, 0.3) is 0 Å². The average Bonchev–Trinajstić information content (AvgIpc) is 3.33. The van der Waals surface area contributed by atoms with E-state index < -0.39 is 0 Å². The Kier molecular flexibility index (Phi) is 3.99. The first-order chi connectivity index (χ1) is 15.2. The molecule has 1 unspecified atom stereocenters. The van der Waals surface area contributed by atoms with Crippen LogP contribution in [0.25, 0.3) is 10.9 Å². The van der Waals surface area contributed by atoms with E-state index in [1.165, 1.54) is 6.07 Å². The molecule has 0 aliphatic carbocycles. The van der Waals surface area contributed by atoms with E-state index in [-0.39, 0.29) is 24.4 Å². The zero-order chi connectivity index (χ0) is 20.9. The number of hydrogen-bond donors (Lipinski definition) is 1. The van der Waals surface area contributed by atoms with Crippen molar-refractivity contribution in [2.75, 3.05) is 12.1 Å². The summed E-state index contributed by atoms with van der Waals surface area (Å²) in [5.74, 6) is 1.01. The average molecular weight is 414 g/mol. The number of rotatable bonds is 3. The summed E-state index contributed by atoms with van der Waals surface area (Å²) in [7, 11) is 0. The molecule has 2 aliphatic rings. The van der Waals surface area contributed by atoms with Crippen molar-refractivity contribution in [1.29, 1.82) is 0 Å². The van der Waals surface area contributed by atoms with Crippen LogP contribution in [0.4, 0.5) is 10.1 Å². The summed E-state index contributed by atoms with van der Waals surface area (Å²) in [5, 5.41) is 4.08. The van der Waals surface area contributed by atoms with E-state index in [9.17, 15) is 9.18 Å². The summed E-state index contributed by atoms with van der Waals surface area (Å²) in [6, 6.07) is 18.4. The number of anilines is 1. The molecule has 0 radical (unpaired) electrons. The fourth-order valence-corrected chi connectivity index (χ4v) is 4.64. The van der Waals surface area contributed by atoms with Crippen molar-refractivity contribution < 1.29 is 18.7 Å². The van der Waals surface area contributed by atoms with Crippen LogP contribution in [0.1, 0.15) is 29.0 Å². The van der Waals surface area contributed by atoms with E-state index in [4.69, 9.17) is 9.47 Å². The summed E-state index contributed by atoms with van der Waals surface area (Å²) in [6.45, 7) is 0.751. The first-order valence-electron chi connectivity index (χ1n) is 10.2. The van der Waals surface area contributed by atoms with Gasteiger partial charge in [-0.2, -0.15) is 0 Å². The quantitative estimate of drug-likeness (QED) is 0.512. The van der Waals surface area contributed by atoms with Gasteiger partial charge in [-0.05, 0) is 53.1 Å². The van der Waals surface area contributed by atoms with Gasteiger partial charge in [0, 0.05) is 30.5 Å². The molecule has 1 N–H and O–H groups in total. The van der Waals surface area contributed by atoms with E-state index in [1.807, 2.05) is 42.5 Å². The second-order valence-corrected chi connectivity index (χ2v) is 7.96. The van der Waals surface area contributed by atoms with Crippen LogP contribution in [-0.2, 0) is 11.3 Å². The highest BCUT2D eigenvalue weighted by Gasteiger charge is 2.29. The van der Waals surface area contributed by atoms with Crippen molar-refractivity contribution >= 4 is 22.5 Å². The number of nitrogens with zero attached hydrogens (tertiary/aromatic N) is 1. The maximum atomic E-state index is 13.7. The number of ether oxygens (including phenoxy) is 2. The molecule has 6 rings (SSSR count). The van der Waals surface area contributed by atoms with Gasteiger partial charge in [-0.15, -0.1) is 0 Å². The SMILES string of the molecule is O=C1CC(c2ccc3c(c2)OCO3)c2cn(Cc3cccc(F)c3)c3cccc(c23)N1. The first-order valence-corrected chi connectivity index (χ1v) is 10.2. The number of benzene rings is 3. The van der Waals surface area contributed by atoms with Gasteiger partial charge in [0.1, 0.15) is 5.82 Å². The Bertz CT molecular complexity index is 1340. The molecule has 154 valence electrons. The Hall–Kier alpha value is -3.80. The second kappa shape index (κ2) is 6.87. The number of nitrogens with one attached hydrogen (secondary N) is 1. The zero-order valence-electron chi connectivity index (χ0n) is 16.6. The highest BCUT2D eigenvalue weighted by Crippen LogP contribution is 2.43. The number of hydrogen-bond acceptors (Lipinski definition) is 3. The van der Waals surface area contributed by atoms with Gasteiger partial charge in [-0.25, -0.2) is 4.39 Å². The Labute approximate surface area is 178 Å². The molecule has 4 aromatic rings. The van der Waals surface area contributed by atoms with Crippen molar-refractivity contribution in [3.8, 4) is 11.5 Å². The number of aromatic nitrogens is 1. The number of halogens is 1. The minimum Gasteiger partial charge on any atom is -0.454 e. The lowest BCUT2D eigenvalue weighted by atomic mass is 9.88. The van der Waals surface area contributed by atoms with Crippen LogP contribution in [0.2, 0.25) is 0 Å². The van der Waals surface area contributed by atoms with E-state index in [0.29, 0.717) is 18.7 Å². The lowest BCUT2D eigenvalue weighted by molar-refractivity contribution is -0.116. The third kappa shape index (κ3) is 3.03. The number of carbonyl (C=O) groups excluding carboxylic acids is 1. The molecule has 5 nitrogen and oxygen atoms in total. The molecule has 31 heavy (non-hydrogen) atoms. The van der Waals surface area contributed by atoms with Crippen LogP contribution < -0.4 is 14.8 Å². The van der Waals surface area contributed by atoms with E-state index in [1.54, 1.807) is 12.1 Å². The van der Waals surface area contributed by atoms with Crippen molar-refractivity contribution in [3.63, 3.8) is 0 Å². The standard InChI is InChI=1S/C25H19FN2O3/c26-17-4-1-3-15(9-17)12-28-13-19-18(16-7-8-22-23(10-16)31-14-30-22)11-24(29)27-20-5-2-6-21(28)25(19)20/h1-10,13,18H,11-12,14H2,(H,27,29). The summed E-state index contributed by atoms with van der Waals surface area (Å²) in [4.78, 5) is 12.7. The minimum atomic E-state index is -0.249. The fourth-order valence-electron chi connectivity index (χ4n) is 4.64. The molecule has 1 amide bonds. The smallest absolute Gasteiger partial charge is 0.231 e. The predicted octanol–water partition coefficient (Wildman–Crippen LogP) is 5.03. The molecule has 2 aliphatic heterocycles. The van der Waals surface area contributed by atoms with Crippen molar-refractivity contribution in [3.05, 3.63) is 89.4 Å². The van der Waals surface area contributed by atoms with Gasteiger partial charge in [-0.3, -0.25) is 4.79 Å². The predicted molar refractivity (Wildman–Crippen MR) is 115 cm³/mol. The van der Waals surface area contributed by atoms with E-state index in [0.717, 1.165) is 39.0 Å². The van der Waals surface area contributed by atoms with Crippen LogP contribution >= 0.6 is 0 Å². The van der Waals surface area contributed by atoms with Gasteiger partial charge in [0.05, 0.1) is 11.2 Å². The third-order valence-corrected chi connectivity index (χ3v) is 6.02. The molecule has 0 bridgehead atoms. The van der Waals surface area contributed by atoms with Crippen LogP contribution in [-0.4, -0.2) is 17.3 Å². The Balaban J connectivity index is 1.51. The van der Waals surface area contributed by atoms with Crippen molar-refractivity contribution in [2.24, 2.45) is 0 Å². The first kappa shape index (κ1) is 18.0. The highest BCUT2D eigenvalue weighted by atomic mass is 19.1. The summed E-state index contributed by atoms with van der Waals surface area (Å²) >= 11 is 0. The Morgan fingerprint density at radius 1 is 1.03 bits per heavy atom. The lowest BCUT2D eigenvalue weighted by Gasteiger charge is -2.15.